The van der Waals surface area contributed by atoms with Crippen LogP contribution in [0.5, 0.6) is 0 Å². The van der Waals surface area contributed by atoms with Crippen molar-refractivity contribution in [3.05, 3.63) is 18.3 Å². The highest BCUT2D eigenvalue weighted by Crippen LogP contribution is 2.58. The molecule has 1 saturated carbocycles. The standard InChI is InChI=1S/C15H22N4O.2ClH/c1-19(2)11-3-4-13(17-10-11)18-14(20)12-9-15(12)5-7-16-8-6-15;;/h3-4,10,12,16H,5-9H2,1-2H3,(H,17,18,20);2*1H. The quantitative estimate of drug-likeness (QED) is 0.881. The van der Waals surface area contributed by atoms with Crippen LogP contribution in [0, 0.1) is 11.3 Å². The second-order valence-electron chi connectivity index (χ2n) is 6.15. The molecule has 1 atom stereocenters. The first-order valence-electron chi connectivity index (χ1n) is 7.26. The molecule has 2 fully saturated rings. The molecule has 1 aromatic heterocycles. The number of aromatic nitrogens is 1. The first-order valence-corrected chi connectivity index (χ1v) is 7.26. The van der Waals surface area contributed by atoms with Gasteiger partial charge >= 0.3 is 0 Å². The summed E-state index contributed by atoms with van der Waals surface area (Å²) >= 11 is 0. The third kappa shape index (κ3) is 3.83. The molecule has 2 heterocycles. The summed E-state index contributed by atoms with van der Waals surface area (Å²) in [6, 6.07) is 3.83. The minimum Gasteiger partial charge on any atom is -0.376 e. The van der Waals surface area contributed by atoms with Crippen LogP contribution in [0.25, 0.3) is 0 Å². The van der Waals surface area contributed by atoms with Gasteiger partial charge in [0.2, 0.25) is 5.91 Å². The molecule has 1 saturated heterocycles. The lowest BCUT2D eigenvalue weighted by molar-refractivity contribution is -0.118. The van der Waals surface area contributed by atoms with Crippen molar-refractivity contribution in [2.45, 2.75) is 19.3 Å². The largest absolute Gasteiger partial charge is 0.376 e. The van der Waals surface area contributed by atoms with Gasteiger partial charge in [-0.25, -0.2) is 4.98 Å². The summed E-state index contributed by atoms with van der Waals surface area (Å²) in [4.78, 5) is 18.6. The number of hydrogen-bond donors (Lipinski definition) is 2. The summed E-state index contributed by atoms with van der Waals surface area (Å²) in [5.74, 6) is 0.966. The Hall–Kier alpha value is -1.04. The van der Waals surface area contributed by atoms with E-state index in [0.717, 1.165) is 38.0 Å². The van der Waals surface area contributed by atoms with Crippen LogP contribution in [0.1, 0.15) is 19.3 Å². The van der Waals surface area contributed by atoms with Gasteiger partial charge in [-0.3, -0.25) is 4.79 Å². The number of halogens is 2. The van der Waals surface area contributed by atoms with Crippen molar-refractivity contribution >= 4 is 42.2 Å². The zero-order valence-corrected chi connectivity index (χ0v) is 14.6. The summed E-state index contributed by atoms with van der Waals surface area (Å²) in [5.41, 5.74) is 1.31. The molecule has 3 rings (SSSR count). The van der Waals surface area contributed by atoms with Gasteiger partial charge in [0, 0.05) is 20.0 Å². The smallest absolute Gasteiger partial charge is 0.229 e. The van der Waals surface area contributed by atoms with Crippen LogP contribution in [-0.4, -0.2) is 38.1 Å². The lowest BCUT2D eigenvalue weighted by Crippen LogP contribution is -2.31. The maximum atomic E-state index is 12.3. The Kier molecular flexibility index (Phi) is 6.47. The van der Waals surface area contributed by atoms with Gasteiger partial charge in [0.15, 0.2) is 0 Å². The zero-order chi connectivity index (χ0) is 14.2. The molecule has 2 aliphatic rings. The van der Waals surface area contributed by atoms with Gasteiger partial charge in [-0.05, 0) is 49.9 Å². The zero-order valence-electron chi connectivity index (χ0n) is 13.0. The van der Waals surface area contributed by atoms with Crippen molar-refractivity contribution in [1.82, 2.24) is 10.3 Å². The van der Waals surface area contributed by atoms with Crippen LogP contribution >= 0.6 is 24.8 Å². The van der Waals surface area contributed by atoms with Gasteiger partial charge in [-0.1, -0.05) is 0 Å². The minimum absolute atomic E-state index is 0. The Labute approximate surface area is 144 Å². The van der Waals surface area contributed by atoms with E-state index in [1.54, 1.807) is 6.20 Å². The van der Waals surface area contributed by atoms with Crippen molar-refractivity contribution in [3.63, 3.8) is 0 Å². The van der Waals surface area contributed by atoms with Gasteiger partial charge in [-0.2, -0.15) is 0 Å². The van der Waals surface area contributed by atoms with Crippen molar-refractivity contribution in [1.29, 1.82) is 0 Å². The third-order valence-corrected chi connectivity index (χ3v) is 4.62. The third-order valence-electron chi connectivity index (χ3n) is 4.62. The fourth-order valence-corrected chi connectivity index (χ4v) is 3.13. The van der Waals surface area contributed by atoms with E-state index < -0.39 is 0 Å². The number of rotatable bonds is 3. The number of carbonyl (C=O) groups is 1. The topological polar surface area (TPSA) is 57.3 Å². The fourth-order valence-electron chi connectivity index (χ4n) is 3.13. The number of piperidine rings is 1. The van der Waals surface area contributed by atoms with E-state index >= 15 is 0 Å². The minimum atomic E-state index is 0. The van der Waals surface area contributed by atoms with Crippen LogP contribution in [0.15, 0.2) is 18.3 Å². The molecule has 7 heteroatoms. The number of carbonyl (C=O) groups excluding carboxylic acids is 1. The summed E-state index contributed by atoms with van der Waals surface area (Å²) in [6.07, 6.45) is 5.06. The van der Waals surface area contributed by atoms with Crippen molar-refractivity contribution in [2.24, 2.45) is 11.3 Å². The summed E-state index contributed by atoms with van der Waals surface area (Å²) in [5, 5.41) is 6.31. The van der Waals surface area contributed by atoms with E-state index in [0.29, 0.717) is 5.82 Å². The van der Waals surface area contributed by atoms with Crippen LogP contribution in [0.4, 0.5) is 11.5 Å². The molecule has 22 heavy (non-hydrogen) atoms. The summed E-state index contributed by atoms with van der Waals surface area (Å²) in [7, 11) is 3.95. The molecule has 0 radical (unpaired) electrons. The first kappa shape index (κ1) is 19.0. The monoisotopic (exact) mass is 346 g/mol. The molecule has 1 aromatic rings. The Morgan fingerprint density at radius 1 is 1.32 bits per heavy atom. The number of anilines is 2. The van der Waals surface area contributed by atoms with Gasteiger partial charge in [-0.15, -0.1) is 24.8 Å². The average molecular weight is 347 g/mol. The predicted octanol–water partition coefficient (Wildman–Crippen LogP) is 2.32. The maximum Gasteiger partial charge on any atom is 0.229 e. The molecule has 1 aliphatic carbocycles. The van der Waals surface area contributed by atoms with E-state index in [9.17, 15) is 4.79 Å². The van der Waals surface area contributed by atoms with Gasteiger partial charge in [0.1, 0.15) is 5.82 Å². The molecule has 1 unspecified atom stereocenters. The van der Waals surface area contributed by atoms with E-state index in [4.69, 9.17) is 0 Å². The fraction of sp³-hybridized carbons (Fsp3) is 0.600. The highest BCUT2D eigenvalue weighted by Gasteiger charge is 2.57. The molecule has 1 aliphatic heterocycles. The number of nitrogens with zero attached hydrogens (tertiary/aromatic N) is 2. The summed E-state index contributed by atoms with van der Waals surface area (Å²) < 4.78 is 0. The van der Waals surface area contributed by atoms with E-state index in [1.807, 2.05) is 31.1 Å². The molecule has 1 amide bonds. The number of hydrogen-bond acceptors (Lipinski definition) is 4. The molecule has 1 spiro atoms. The van der Waals surface area contributed by atoms with Gasteiger partial charge in [0.05, 0.1) is 11.9 Å². The molecule has 124 valence electrons. The van der Waals surface area contributed by atoms with Crippen LogP contribution in [0.3, 0.4) is 0 Å². The average Bonchev–Trinajstić information content (AvgIpc) is 3.14. The lowest BCUT2D eigenvalue weighted by Gasteiger charge is -2.23. The van der Waals surface area contributed by atoms with E-state index in [1.165, 1.54) is 0 Å². The second-order valence-corrected chi connectivity index (χ2v) is 6.15. The molecular weight excluding hydrogens is 323 g/mol. The van der Waals surface area contributed by atoms with Crippen LogP contribution < -0.4 is 15.5 Å². The Morgan fingerprint density at radius 2 is 2.00 bits per heavy atom. The number of amides is 1. The Bertz CT molecular complexity index is 501. The molecule has 0 aromatic carbocycles. The summed E-state index contributed by atoms with van der Waals surface area (Å²) in [6.45, 7) is 2.08. The van der Waals surface area contributed by atoms with Crippen LogP contribution in [-0.2, 0) is 4.79 Å². The van der Waals surface area contributed by atoms with Crippen molar-refractivity contribution in [2.75, 3.05) is 37.4 Å². The highest BCUT2D eigenvalue weighted by molar-refractivity contribution is 5.94. The molecule has 2 N–H and O–H groups in total. The van der Waals surface area contributed by atoms with Crippen molar-refractivity contribution < 1.29 is 4.79 Å². The van der Waals surface area contributed by atoms with Crippen LogP contribution in [0.2, 0.25) is 0 Å². The molecule has 5 nitrogen and oxygen atoms in total. The Morgan fingerprint density at radius 3 is 2.55 bits per heavy atom. The first-order chi connectivity index (χ1) is 9.61. The van der Waals surface area contributed by atoms with E-state index in [-0.39, 0.29) is 42.1 Å². The second kappa shape index (κ2) is 7.49. The molecule has 0 bridgehead atoms. The predicted molar refractivity (Wildman–Crippen MR) is 94.3 cm³/mol. The Balaban J connectivity index is 0.00000121. The number of pyridine rings is 1. The molecular formula is C15H24Cl2N4O. The van der Waals surface area contributed by atoms with Gasteiger partial charge < -0.3 is 15.5 Å². The van der Waals surface area contributed by atoms with Gasteiger partial charge in [0.25, 0.3) is 0 Å². The SMILES string of the molecule is CN(C)c1ccc(NC(=O)C2CC23CCNCC3)nc1.Cl.Cl. The normalized spacial score (nSPS) is 21.3. The number of nitrogens with one attached hydrogen (secondary N) is 2. The highest BCUT2D eigenvalue weighted by atomic mass is 35.5. The van der Waals surface area contributed by atoms with Crippen molar-refractivity contribution in [3.8, 4) is 0 Å². The maximum absolute atomic E-state index is 12.3. The lowest BCUT2D eigenvalue weighted by atomic mass is 9.92. The van der Waals surface area contributed by atoms with E-state index in [2.05, 4.69) is 15.6 Å².